The summed E-state index contributed by atoms with van der Waals surface area (Å²) < 4.78 is 6.74. The van der Waals surface area contributed by atoms with Crippen molar-refractivity contribution in [1.29, 1.82) is 0 Å². The average Bonchev–Trinajstić information content (AvgIpc) is 2.40. The number of nitrogens with one attached hydrogen (secondary N) is 1. The van der Waals surface area contributed by atoms with Gasteiger partial charge in [0.25, 0.3) is 0 Å². The lowest BCUT2D eigenvalue weighted by Crippen LogP contribution is -2.10. The van der Waals surface area contributed by atoms with Gasteiger partial charge in [-0.25, -0.2) is 0 Å². The average molecular weight is 320 g/mol. The lowest BCUT2D eigenvalue weighted by atomic mass is 10.2. The number of hydrogen-bond donors (Lipinski definition) is 1. The van der Waals surface area contributed by atoms with Crippen LogP contribution in [0, 0.1) is 6.92 Å². The monoisotopic (exact) mass is 319 g/mol. The fourth-order valence-electron chi connectivity index (χ4n) is 1.85. The highest BCUT2D eigenvalue weighted by Gasteiger charge is 1.96. The minimum absolute atomic E-state index is 0.648. The number of hydrogen-bond acceptors (Lipinski definition) is 2. The summed E-state index contributed by atoms with van der Waals surface area (Å²) >= 11 is 3.46. The smallest absolute Gasteiger partial charge is 0.0718 e. The fraction of sp³-hybridized carbons (Fsp3) is 0.250. The van der Waals surface area contributed by atoms with E-state index in [1.807, 2.05) is 24.3 Å². The molecule has 2 rings (SSSR count). The van der Waals surface area contributed by atoms with Gasteiger partial charge in [-0.3, -0.25) is 0 Å². The molecule has 0 atom stereocenters. The van der Waals surface area contributed by atoms with E-state index in [1.165, 1.54) is 16.8 Å². The first-order chi connectivity index (χ1) is 9.25. The summed E-state index contributed by atoms with van der Waals surface area (Å²) in [4.78, 5) is 0. The maximum Gasteiger partial charge on any atom is 0.0718 e. The molecule has 0 saturated carbocycles. The Bertz CT molecular complexity index is 528. The van der Waals surface area contributed by atoms with Crippen LogP contribution in [0.3, 0.4) is 0 Å². The Morgan fingerprint density at radius 2 is 1.95 bits per heavy atom. The van der Waals surface area contributed by atoms with E-state index in [4.69, 9.17) is 4.74 Å². The van der Waals surface area contributed by atoms with Gasteiger partial charge in [0.2, 0.25) is 0 Å². The predicted octanol–water partition coefficient (Wildman–Crippen LogP) is 4.39. The van der Waals surface area contributed by atoms with Crippen molar-refractivity contribution in [2.24, 2.45) is 0 Å². The highest BCUT2D eigenvalue weighted by atomic mass is 79.9. The van der Waals surface area contributed by atoms with Gasteiger partial charge in [0.15, 0.2) is 0 Å². The Kier molecular flexibility index (Phi) is 5.43. The molecule has 0 spiro atoms. The third kappa shape index (κ3) is 4.69. The van der Waals surface area contributed by atoms with E-state index >= 15 is 0 Å². The van der Waals surface area contributed by atoms with Gasteiger partial charge in [0.1, 0.15) is 0 Å². The Labute approximate surface area is 122 Å². The molecule has 0 amide bonds. The molecule has 0 aliphatic rings. The van der Waals surface area contributed by atoms with Gasteiger partial charge in [0.05, 0.1) is 13.2 Å². The highest BCUT2D eigenvalue weighted by Crippen LogP contribution is 2.13. The summed E-state index contributed by atoms with van der Waals surface area (Å²) in [6.07, 6.45) is 0. The van der Waals surface area contributed by atoms with E-state index in [2.05, 4.69) is 52.4 Å². The molecule has 2 nitrogen and oxygen atoms in total. The molecule has 0 bridgehead atoms. The van der Waals surface area contributed by atoms with Gasteiger partial charge in [-0.15, -0.1) is 0 Å². The number of aryl methyl sites for hydroxylation is 1. The predicted molar refractivity (Wildman–Crippen MR) is 83.5 cm³/mol. The van der Waals surface area contributed by atoms with E-state index in [0.29, 0.717) is 13.2 Å². The molecule has 2 aromatic rings. The van der Waals surface area contributed by atoms with Crippen molar-refractivity contribution in [1.82, 2.24) is 0 Å². The van der Waals surface area contributed by atoms with Gasteiger partial charge >= 0.3 is 0 Å². The molecule has 0 unspecified atom stereocenters. The SMILES string of the molecule is Cc1ccccc1NCCOCc1cccc(Br)c1. The van der Waals surface area contributed by atoms with Crippen molar-refractivity contribution in [3.8, 4) is 0 Å². The molecule has 1 N–H and O–H groups in total. The minimum Gasteiger partial charge on any atom is -0.383 e. The first-order valence-corrected chi connectivity index (χ1v) is 7.17. The number of halogens is 1. The highest BCUT2D eigenvalue weighted by molar-refractivity contribution is 9.10. The zero-order valence-corrected chi connectivity index (χ0v) is 12.6. The summed E-state index contributed by atoms with van der Waals surface area (Å²) in [5, 5.41) is 3.38. The van der Waals surface area contributed by atoms with Gasteiger partial charge in [-0.05, 0) is 36.2 Å². The topological polar surface area (TPSA) is 21.3 Å². The molecule has 100 valence electrons. The molecular weight excluding hydrogens is 302 g/mol. The molecule has 19 heavy (non-hydrogen) atoms. The van der Waals surface area contributed by atoms with Gasteiger partial charge in [0, 0.05) is 16.7 Å². The third-order valence-corrected chi connectivity index (χ3v) is 3.36. The van der Waals surface area contributed by atoms with Crippen LogP contribution in [0.2, 0.25) is 0 Å². The van der Waals surface area contributed by atoms with Crippen LogP contribution in [-0.4, -0.2) is 13.2 Å². The Morgan fingerprint density at radius 3 is 2.74 bits per heavy atom. The van der Waals surface area contributed by atoms with Crippen molar-refractivity contribution in [3.05, 3.63) is 64.1 Å². The van der Waals surface area contributed by atoms with E-state index < -0.39 is 0 Å². The van der Waals surface area contributed by atoms with Crippen LogP contribution in [-0.2, 0) is 11.3 Å². The molecular formula is C16H18BrNO. The van der Waals surface area contributed by atoms with Crippen molar-refractivity contribution in [2.45, 2.75) is 13.5 Å². The third-order valence-electron chi connectivity index (χ3n) is 2.86. The first kappa shape index (κ1) is 14.1. The normalized spacial score (nSPS) is 10.4. The quantitative estimate of drug-likeness (QED) is 0.797. The minimum atomic E-state index is 0.648. The lowest BCUT2D eigenvalue weighted by Gasteiger charge is -2.09. The van der Waals surface area contributed by atoms with E-state index in [-0.39, 0.29) is 0 Å². The summed E-state index contributed by atoms with van der Waals surface area (Å²) in [6.45, 7) is 4.26. The van der Waals surface area contributed by atoms with Crippen LogP contribution in [0.1, 0.15) is 11.1 Å². The number of rotatable bonds is 6. The first-order valence-electron chi connectivity index (χ1n) is 6.37. The van der Waals surface area contributed by atoms with Crippen LogP contribution < -0.4 is 5.32 Å². The second kappa shape index (κ2) is 7.31. The van der Waals surface area contributed by atoms with E-state index in [1.54, 1.807) is 0 Å². The van der Waals surface area contributed by atoms with Crippen LogP contribution in [0.25, 0.3) is 0 Å². The van der Waals surface area contributed by atoms with Crippen LogP contribution in [0.5, 0.6) is 0 Å². The summed E-state index contributed by atoms with van der Waals surface area (Å²) in [6, 6.07) is 16.5. The Balaban J connectivity index is 1.69. The van der Waals surface area contributed by atoms with Gasteiger partial charge in [-0.1, -0.05) is 46.3 Å². The van der Waals surface area contributed by atoms with Gasteiger partial charge < -0.3 is 10.1 Å². The Morgan fingerprint density at radius 1 is 1.11 bits per heavy atom. The fourth-order valence-corrected chi connectivity index (χ4v) is 2.29. The zero-order valence-electron chi connectivity index (χ0n) is 11.0. The lowest BCUT2D eigenvalue weighted by molar-refractivity contribution is 0.130. The zero-order chi connectivity index (χ0) is 13.5. The second-order valence-corrected chi connectivity index (χ2v) is 5.34. The van der Waals surface area contributed by atoms with Crippen LogP contribution in [0.4, 0.5) is 5.69 Å². The molecule has 0 saturated heterocycles. The standard InChI is InChI=1S/C16H18BrNO/c1-13-5-2-3-8-16(13)18-9-10-19-12-14-6-4-7-15(17)11-14/h2-8,11,18H,9-10,12H2,1H3. The molecule has 0 fully saturated rings. The molecule has 0 radical (unpaired) electrons. The maximum atomic E-state index is 5.65. The molecule has 0 aliphatic carbocycles. The maximum absolute atomic E-state index is 5.65. The Hall–Kier alpha value is -1.32. The van der Waals surface area contributed by atoms with Crippen LogP contribution >= 0.6 is 15.9 Å². The van der Waals surface area contributed by atoms with Crippen molar-refractivity contribution in [3.63, 3.8) is 0 Å². The van der Waals surface area contributed by atoms with E-state index in [9.17, 15) is 0 Å². The summed E-state index contributed by atoms with van der Waals surface area (Å²) in [5.74, 6) is 0. The summed E-state index contributed by atoms with van der Waals surface area (Å²) in [5.41, 5.74) is 3.62. The van der Waals surface area contributed by atoms with E-state index in [0.717, 1.165) is 11.0 Å². The van der Waals surface area contributed by atoms with Gasteiger partial charge in [-0.2, -0.15) is 0 Å². The number of ether oxygens (including phenoxy) is 1. The number of anilines is 1. The molecule has 2 aromatic carbocycles. The van der Waals surface area contributed by atoms with Crippen LogP contribution in [0.15, 0.2) is 53.0 Å². The number of benzene rings is 2. The second-order valence-electron chi connectivity index (χ2n) is 4.42. The number of para-hydroxylation sites is 1. The molecule has 0 aliphatic heterocycles. The molecule has 0 heterocycles. The van der Waals surface area contributed by atoms with Crippen molar-refractivity contribution in [2.75, 3.05) is 18.5 Å². The summed E-state index contributed by atoms with van der Waals surface area (Å²) in [7, 11) is 0. The molecule has 3 heteroatoms. The molecule has 0 aromatic heterocycles. The van der Waals surface area contributed by atoms with Crippen molar-refractivity contribution < 1.29 is 4.74 Å². The van der Waals surface area contributed by atoms with Crippen molar-refractivity contribution >= 4 is 21.6 Å². The largest absolute Gasteiger partial charge is 0.383 e.